The molecule has 0 saturated heterocycles. The highest BCUT2D eigenvalue weighted by Crippen LogP contribution is 2.15. The van der Waals surface area contributed by atoms with E-state index >= 15 is 0 Å². The van der Waals surface area contributed by atoms with Gasteiger partial charge in [0.25, 0.3) is 0 Å². The molecule has 1 unspecified atom stereocenters. The van der Waals surface area contributed by atoms with E-state index in [0.717, 1.165) is 17.5 Å². The predicted octanol–water partition coefficient (Wildman–Crippen LogP) is 2.44. The highest BCUT2D eigenvalue weighted by atomic mass is 16.5. The molecule has 0 aliphatic rings. The van der Waals surface area contributed by atoms with Crippen LogP contribution in [0.15, 0.2) is 42.7 Å². The van der Waals surface area contributed by atoms with Crippen molar-refractivity contribution in [3.8, 4) is 5.75 Å². The number of aliphatic hydroxyl groups excluding tert-OH is 1. The summed E-state index contributed by atoms with van der Waals surface area (Å²) in [5.74, 6) is 0.577. The van der Waals surface area contributed by atoms with Crippen LogP contribution in [-0.2, 0) is 17.6 Å². The van der Waals surface area contributed by atoms with Crippen molar-refractivity contribution < 1.29 is 14.6 Å². The Bertz CT molecular complexity index is 656. The lowest BCUT2D eigenvalue weighted by molar-refractivity contribution is -0.122. The van der Waals surface area contributed by atoms with Crippen molar-refractivity contribution in [2.24, 2.45) is 0 Å². The Morgan fingerprint density at radius 3 is 2.62 bits per heavy atom. The van der Waals surface area contributed by atoms with E-state index in [-0.39, 0.29) is 18.6 Å². The maximum atomic E-state index is 12.2. The fraction of sp³-hybridized carbons (Fsp3) is 0.368. The number of aromatic nitrogens is 1. The fourth-order valence-corrected chi connectivity index (χ4v) is 2.46. The maximum absolute atomic E-state index is 12.2. The Morgan fingerprint density at radius 2 is 2.00 bits per heavy atom. The average Bonchev–Trinajstić information content (AvgIpc) is 2.64. The monoisotopic (exact) mass is 328 g/mol. The van der Waals surface area contributed by atoms with Crippen LogP contribution in [0, 0.1) is 0 Å². The molecule has 1 amide bonds. The first-order valence-electron chi connectivity index (χ1n) is 8.13. The van der Waals surface area contributed by atoms with E-state index in [0.29, 0.717) is 18.6 Å². The van der Waals surface area contributed by atoms with Crippen molar-refractivity contribution in [2.45, 2.75) is 32.2 Å². The zero-order valence-electron chi connectivity index (χ0n) is 14.2. The van der Waals surface area contributed by atoms with Gasteiger partial charge in [0.15, 0.2) is 0 Å². The molecule has 2 rings (SSSR count). The number of carbonyl (C=O) groups is 1. The highest BCUT2D eigenvalue weighted by Gasteiger charge is 2.13. The summed E-state index contributed by atoms with van der Waals surface area (Å²) in [4.78, 5) is 16.2. The molecule has 1 aromatic heterocycles. The zero-order valence-corrected chi connectivity index (χ0v) is 14.2. The van der Waals surface area contributed by atoms with Gasteiger partial charge in [0.2, 0.25) is 5.91 Å². The maximum Gasteiger partial charge on any atom is 0.220 e. The molecule has 2 N–H and O–H groups in total. The molecular formula is C19H24N2O3. The van der Waals surface area contributed by atoms with Crippen molar-refractivity contribution >= 4 is 5.91 Å². The first-order chi connectivity index (χ1) is 11.7. The van der Waals surface area contributed by atoms with Crippen LogP contribution in [0.1, 0.15) is 36.1 Å². The number of rotatable bonds is 8. The van der Waals surface area contributed by atoms with Gasteiger partial charge in [-0.1, -0.05) is 31.2 Å². The molecule has 1 heterocycles. The van der Waals surface area contributed by atoms with E-state index < -0.39 is 0 Å². The number of methoxy groups -OCH3 is 1. The van der Waals surface area contributed by atoms with Crippen molar-refractivity contribution in [1.29, 1.82) is 0 Å². The molecule has 0 radical (unpaired) electrons. The van der Waals surface area contributed by atoms with Gasteiger partial charge in [0.1, 0.15) is 5.75 Å². The van der Waals surface area contributed by atoms with Crippen molar-refractivity contribution in [3.05, 3.63) is 59.4 Å². The number of amides is 1. The number of hydrogen-bond acceptors (Lipinski definition) is 4. The number of carbonyl (C=O) groups excluding carboxylic acids is 1. The minimum atomic E-state index is -0.383. The van der Waals surface area contributed by atoms with Gasteiger partial charge in [-0.25, -0.2) is 0 Å². The Morgan fingerprint density at radius 1 is 1.25 bits per heavy atom. The zero-order chi connectivity index (χ0) is 17.4. The minimum absolute atomic E-state index is 0.101. The highest BCUT2D eigenvalue weighted by molar-refractivity contribution is 5.76. The molecule has 128 valence electrons. The van der Waals surface area contributed by atoms with E-state index in [4.69, 9.17) is 4.74 Å². The van der Waals surface area contributed by atoms with Gasteiger partial charge in [-0.05, 0) is 35.6 Å². The van der Waals surface area contributed by atoms with Crippen molar-refractivity contribution in [2.75, 3.05) is 13.7 Å². The quantitative estimate of drug-likeness (QED) is 0.781. The summed E-state index contributed by atoms with van der Waals surface area (Å²) in [5.41, 5.74) is 3.08. The van der Waals surface area contributed by atoms with E-state index in [1.54, 1.807) is 19.5 Å². The molecule has 5 nitrogen and oxygen atoms in total. The van der Waals surface area contributed by atoms with Crippen LogP contribution in [0.4, 0.5) is 0 Å². The summed E-state index contributed by atoms with van der Waals surface area (Å²) in [6, 6.07) is 9.43. The van der Waals surface area contributed by atoms with Gasteiger partial charge >= 0.3 is 0 Å². The largest absolute Gasteiger partial charge is 0.495 e. The molecule has 0 aliphatic heterocycles. The SMILES string of the molecule is CCc1ccc(C(CO)NC(=O)CCc2cncc(OC)c2)cc1. The summed E-state index contributed by atoms with van der Waals surface area (Å²) in [6.07, 6.45) is 5.22. The number of aryl methyl sites for hydroxylation is 2. The minimum Gasteiger partial charge on any atom is -0.495 e. The lowest BCUT2D eigenvalue weighted by Crippen LogP contribution is -2.30. The Labute approximate surface area is 142 Å². The first kappa shape index (κ1) is 17.9. The van der Waals surface area contributed by atoms with Crippen LogP contribution in [0.3, 0.4) is 0 Å². The Hall–Kier alpha value is -2.40. The second kappa shape index (κ2) is 9.03. The third kappa shape index (κ3) is 5.06. The lowest BCUT2D eigenvalue weighted by atomic mass is 10.0. The number of nitrogens with zero attached hydrogens (tertiary/aromatic N) is 1. The summed E-state index contributed by atoms with van der Waals surface area (Å²) in [7, 11) is 1.59. The number of ether oxygens (including phenoxy) is 1. The molecule has 0 aliphatic carbocycles. The van der Waals surface area contributed by atoms with E-state index in [1.165, 1.54) is 5.56 Å². The van der Waals surface area contributed by atoms with E-state index in [2.05, 4.69) is 17.2 Å². The van der Waals surface area contributed by atoms with Crippen LogP contribution in [0.5, 0.6) is 5.75 Å². The van der Waals surface area contributed by atoms with Crippen LogP contribution in [0.25, 0.3) is 0 Å². The summed E-state index contributed by atoms with van der Waals surface area (Å²) in [5, 5.41) is 12.4. The number of pyridine rings is 1. The summed E-state index contributed by atoms with van der Waals surface area (Å²) in [6.45, 7) is 1.96. The normalized spacial score (nSPS) is 11.8. The lowest BCUT2D eigenvalue weighted by Gasteiger charge is -2.17. The third-order valence-electron chi connectivity index (χ3n) is 3.95. The van der Waals surface area contributed by atoms with Gasteiger partial charge in [0.05, 0.1) is 26.0 Å². The predicted molar refractivity (Wildman–Crippen MR) is 92.9 cm³/mol. The molecule has 0 fully saturated rings. The molecule has 24 heavy (non-hydrogen) atoms. The van der Waals surface area contributed by atoms with Crippen LogP contribution in [-0.4, -0.2) is 29.7 Å². The number of benzene rings is 1. The number of nitrogens with one attached hydrogen (secondary N) is 1. The third-order valence-corrected chi connectivity index (χ3v) is 3.95. The van der Waals surface area contributed by atoms with Crippen LogP contribution in [0.2, 0.25) is 0 Å². The molecule has 0 saturated carbocycles. The van der Waals surface area contributed by atoms with Crippen molar-refractivity contribution in [1.82, 2.24) is 10.3 Å². The summed E-state index contributed by atoms with van der Waals surface area (Å²) < 4.78 is 5.12. The smallest absolute Gasteiger partial charge is 0.220 e. The summed E-state index contributed by atoms with van der Waals surface area (Å²) >= 11 is 0. The van der Waals surface area contributed by atoms with Crippen molar-refractivity contribution in [3.63, 3.8) is 0 Å². The Kier molecular flexibility index (Phi) is 6.75. The standard InChI is InChI=1S/C19H24N2O3/c1-3-14-4-7-16(8-5-14)18(13-22)21-19(23)9-6-15-10-17(24-2)12-20-11-15/h4-5,7-8,10-12,18,22H,3,6,9,13H2,1-2H3,(H,21,23). The topological polar surface area (TPSA) is 71.5 Å². The second-order valence-electron chi connectivity index (χ2n) is 5.63. The van der Waals surface area contributed by atoms with E-state index in [9.17, 15) is 9.90 Å². The van der Waals surface area contributed by atoms with Crippen LogP contribution < -0.4 is 10.1 Å². The molecule has 5 heteroatoms. The van der Waals surface area contributed by atoms with Crippen LogP contribution >= 0.6 is 0 Å². The van der Waals surface area contributed by atoms with E-state index in [1.807, 2.05) is 30.3 Å². The van der Waals surface area contributed by atoms with Gasteiger partial charge < -0.3 is 15.2 Å². The Balaban J connectivity index is 1.91. The van der Waals surface area contributed by atoms with Gasteiger partial charge in [-0.15, -0.1) is 0 Å². The fourth-order valence-electron chi connectivity index (χ4n) is 2.46. The number of aliphatic hydroxyl groups is 1. The molecule has 0 bridgehead atoms. The second-order valence-corrected chi connectivity index (χ2v) is 5.63. The van der Waals surface area contributed by atoms with Gasteiger partial charge in [0, 0.05) is 12.6 Å². The molecule has 0 spiro atoms. The molecule has 1 atom stereocenters. The van der Waals surface area contributed by atoms with Gasteiger partial charge in [-0.2, -0.15) is 0 Å². The number of hydrogen-bond donors (Lipinski definition) is 2. The average molecular weight is 328 g/mol. The van der Waals surface area contributed by atoms with Gasteiger partial charge in [-0.3, -0.25) is 9.78 Å². The molecular weight excluding hydrogens is 304 g/mol. The molecule has 1 aromatic carbocycles. The first-order valence-corrected chi connectivity index (χ1v) is 8.13. The molecule has 2 aromatic rings.